The molecule has 0 bridgehead atoms. The van der Waals surface area contributed by atoms with Crippen molar-refractivity contribution in [3.8, 4) is 5.75 Å². The highest BCUT2D eigenvalue weighted by molar-refractivity contribution is 5.92. The van der Waals surface area contributed by atoms with E-state index >= 15 is 0 Å². The van der Waals surface area contributed by atoms with E-state index in [1.165, 1.54) is 0 Å². The Kier molecular flexibility index (Phi) is 7.65. The molecule has 3 unspecified atom stereocenters. The van der Waals surface area contributed by atoms with E-state index < -0.39 is 0 Å². The van der Waals surface area contributed by atoms with Crippen molar-refractivity contribution >= 4 is 24.0 Å². The molecule has 0 aromatic heterocycles. The van der Waals surface area contributed by atoms with Gasteiger partial charge in [0.1, 0.15) is 12.4 Å². The standard InChI is InChI=1S/C16H24N2O3.ClH/c1-11(12(2)17)16(19)18-13-5-7-14(8-6-13)21-10-15-4-3-9-20-15;/h5-8,11-12,15H,3-4,9-10,17H2,1-2H3,(H,18,19);1H. The van der Waals surface area contributed by atoms with Gasteiger partial charge in [-0.25, -0.2) is 0 Å². The molecule has 1 aromatic rings. The van der Waals surface area contributed by atoms with Crippen LogP contribution in [0.15, 0.2) is 24.3 Å². The molecule has 1 aliphatic rings. The van der Waals surface area contributed by atoms with Crippen LogP contribution in [-0.4, -0.2) is 31.3 Å². The maximum absolute atomic E-state index is 11.9. The second-order valence-corrected chi connectivity index (χ2v) is 5.61. The number of nitrogens with two attached hydrogens (primary N) is 1. The van der Waals surface area contributed by atoms with Crippen molar-refractivity contribution in [1.82, 2.24) is 0 Å². The van der Waals surface area contributed by atoms with Crippen LogP contribution in [0, 0.1) is 5.92 Å². The quantitative estimate of drug-likeness (QED) is 0.841. The van der Waals surface area contributed by atoms with Gasteiger partial charge in [-0.15, -0.1) is 12.4 Å². The molecular formula is C16H25ClN2O3. The van der Waals surface area contributed by atoms with Gasteiger partial charge in [-0.2, -0.15) is 0 Å². The van der Waals surface area contributed by atoms with Crippen molar-refractivity contribution in [2.75, 3.05) is 18.5 Å². The van der Waals surface area contributed by atoms with Gasteiger partial charge in [0.2, 0.25) is 5.91 Å². The number of nitrogens with one attached hydrogen (secondary N) is 1. The van der Waals surface area contributed by atoms with Gasteiger partial charge < -0.3 is 20.5 Å². The summed E-state index contributed by atoms with van der Waals surface area (Å²) in [6.45, 7) is 5.05. The predicted octanol–water partition coefficient (Wildman–Crippen LogP) is 2.59. The van der Waals surface area contributed by atoms with E-state index in [4.69, 9.17) is 15.2 Å². The van der Waals surface area contributed by atoms with E-state index in [-0.39, 0.29) is 36.4 Å². The summed E-state index contributed by atoms with van der Waals surface area (Å²) < 4.78 is 11.2. The molecule has 1 aromatic carbocycles. The topological polar surface area (TPSA) is 73.6 Å². The minimum Gasteiger partial charge on any atom is -0.491 e. The van der Waals surface area contributed by atoms with E-state index in [1.54, 1.807) is 0 Å². The van der Waals surface area contributed by atoms with Gasteiger partial charge in [0.25, 0.3) is 0 Å². The summed E-state index contributed by atoms with van der Waals surface area (Å²) in [5, 5.41) is 2.85. The molecule has 1 aliphatic heterocycles. The van der Waals surface area contributed by atoms with Crippen molar-refractivity contribution in [2.45, 2.75) is 38.8 Å². The number of hydrogen-bond acceptors (Lipinski definition) is 4. The Bertz CT molecular complexity index is 459. The molecular weight excluding hydrogens is 304 g/mol. The number of halogens is 1. The van der Waals surface area contributed by atoms with Crippen molar-refractivity contribution in [3.05, 3.63) is 24.3 Å². The molecule has 5 nitrogen and oxygen atoms in total. The Hall–Kier alpha value is -1.30. The Labute approximate surface area is 138 Å². The molecule has 1 amide bonds. The minimum absolute atomic E-state index is 0. The molecule has 0 saturated carbocycles. The second kappa shape index (κ2) is 8.98. The summed E-state index contributed by atoms with van der Waals surface area (Å²) in [5.74, 6) is 0.488. The van der Waals surface area contributed by atoms with E-state index in [0.29, 0.717) is 6.61 Å². The number of rotatable bonds is 6. The normalized spacial score (nSPS) is 19.9. The highest BCUT2D eigenvalue weighted by atomic mass is 35.5. The molecule has 3 N–H and O–H groups in total. The number of carbonyl (C=O) groups is 1. The molecule has 3 atom stereocenters. The smallest absolute Gasteiger partial charge is 0.228 e. The summed E-state index contributed by atoms with van der Waals surface area (Å²) in [5.41, 5.74) is 6.47. The molecule has 0 spiro atoms. The van der Waals surface area contributed by atoms with E-state index in [0.717, 1.165) is 30.9 Å². The van der Waals surface area contributed by atoms with Gasteiger partial charge in [0, 0.05) is 18.3 Å². The van der Waals surface area contributed by atoms with Crippen LogP contribution in [0.1, 0.15) is 26.7 Å². The molecule has 1 heterocycles. The number of carbonyl (C=O) groups excluding carboxylic acids is 1. The Morgan fingerprint density at radius 1 is 1.41 bits per heavy atom. The van der Waals surface area contributed by atoms with Crippen LogP contribution in [0.25, 0.3) is 0 Å². The van der Waals surface area contributed by atoms with Crippen LogP contribution in [0.2, 0.25) is 0 Å². The lowest BCUT2D eigenvalue weighted by Gasteiger charge is -2.16. The first-order valence-corrected chi connectivity index (χ1v) is 7.47. The average molecular weight is 329 g/mol. The summed E-state index contributed by atoms with van der Waals surface area (Å²) in [4.78, 5) is 11.9. The number of anilines is 1. The Morgan fingerprint density at radius 2 is 2.09 bits per heavy atom. The summed E-state index contributed by atoms with van der Waals surface area (Å²) in [7, 11) is 0. The largest absolute Gasteiger partial charge is 0.491 e. The van der Waals surface area contributed by atoms with Gasteiger partial charge in [-0.1, -0.05) is 6.92 Å². The molecule has 1 saturated heterocycles. The minimum atomic E-state index is -0.222. The maximum Gasteiger partial charge on any atom is 0.228 e. The Morgan fingerprint density at radius 3 is 2.64 bits per heavy atom. The summed E-state index contributed by atoms with van der Waals surface area (Å²) in [6, 6.07) is 7.19. The Balaban J connectivity index is 0.00000242. The van der Waals surface area contributed by atoms with Crippen LogP contribution < -0.4 is 15.8 Å². The van der Waals surface area contributed by atoms with Gasteiger partial charge in [-0.05, 0) is 44.0 Å². The predicted molar refractivity (Wildman–Crippen MR) is 89.6 cm³/mol. The van der Waals surface area contributed by atoms with Gasteiger partial charge in [0.05, 0.1) is 12.0 Å². The van der Waals surface area contributed by atoms with E-state index in [9.17, 15) is 4.79 Å². The van der Waals surface area contributed by atoms with Gasteiger partial charge in [-0.3, -0.25) is 4.79 Å². The fourth-order valence-electron chi connectivity index (χ4n) is 2.09. The van der Waals surface area contributed by atoms with E-state index in [1.807, 2.05) is 38.1 Å². The third-order valence-electron chi connectivity index (χ3n) is 3.78. The third kappa shape index (κ3) is 5.48. The molecule has 0 aliphatic carbocycles. The molecule has 0 radical (unpaired) electrons. The summed E-state index contributed by atoms with van der Waals surface area (Å²) in [6.07, 6.45) is 2.37. The SMILES string of the molecule is CC(N)C(C)C(=O)Nc1ccc(OCC2CCCO2)cc1.Cl. The monoisotopic (exact) mass is 328 g/mol. The van der Waals surface area contributed by atoms with Crippen LogP contribution in [0.5, 0.6) is 5.75 Å². The number of amides is 1. The lowest BCUT2D eigenvalue weighted by molar-refractivity contribution is -0.119. The number of benzene rings is 1. The van der Waals surface area contributed by atoms with E-state index in [2.05, 4.69) is 5.32 Å². The van der Waals surface area contributed by atoms with Crippen molar-refractivity contribution < 1.29 is 14.3 Å². The van der Waals surface area contributed by atoms with Crippen molar-refractivity contribution in [3.63, 3.8) is 0 Å². The first-order chi connectivity index (χ1) is 10.1. The number of ether oxygens (including phenoxy) is 2. The molecule has 124 valence electrons. The van der Waals surface area contributed by atoms with Gasteiger partial charge in [0.15, 0.2) is 0 Å². The summed E-state index contributed by atoms with van der Waals surface area (Å²) >= 11 is 0. The van der Waals surface area contributed by atoms with Crippen molar-refractivity contribution in [1.29, 1.82) is 0 Å². The fraction of sp³-hybridized carbons (Fsp3) is 0.562. The zero-order chi connectivity index (χ0) is 15.2. The zero-order valence-electron chi connectivity index (χ0n) is 13.1. The first-order valence-electron chi connectivity index (χ1n) is 7.47. The van der Waals surface area contributed by atoms with Crippen LogP contribution >= 0.6 is 12.4 Å². The zero-order valence-corrected chi connectivity index (χ0v) is 13.9. The third-order valence-corrected chi connectivity index (χ3v) is 3.78. The maximum atomic E-state index is 11.9. The second-order valence-electron chi connectivity index (χ2n) is 5.61. The lowest BCUT2D eigenvalue weighted by Crippen LogP contribution is -2.34. The van der Waals surface area contributed by atoms with Crippen LogP contribution in [0.4, 0.5) is 5.69 Å². The molecule has 6 heteroatoms. The molecule has 22 heavy (non-hydrogen) atoms. The highest BCUT2D eigenvalue weighted by Gasteiger charge is 2.17. The molecule has 1 fully saturated rings. The molecule has 2 rings (SSSR count). The number of hydrogen-bond donors (Lipinski definition) is 2. The average Bonchev–Trinajstić information content (AvgIpc) is 2.99. The highest BCUT2D eigenvalue weighted by Crippen LogP contribution is 2.19. The van der Waals surface area contributed by atoms with Crippen LogP contribution in [0.3, 0.4) is 0 Å². The van der Waals surface area contributed by atoms with Gasteiger partial charge >= 0.3 is 0 Å². The first kappa shape index (κ1) is 18.7. The lowest BCUT2D eigenvalue weighted by atomic mass is 10.0. The van der Waals surface area contributed by atoms with Crippen LogP contribution in [-0.2, 0) is 9.53 Å². The van der Waals surface area contributed by atoms with Crippen molar-refractivity contribution in [2.24, 2.45) is 11.7 Å². The fourth-order valence-corrected chi connectivity index (χ4v) is 2.09.